The first kappa shape index (κ1) is 13.6. The van der Waals surface area contributed by atoms with Crippen LogP contribution in [0.15, 0.2) is 18.2 Å². The Morgan fingerprint density at radius 3 is 2.71 bits per heavy atom. The van der Waals surface area contributed by atoms with Gasteiger partial charge in [0.05, 0.1) is 0 Å². The van der Waals surface area contributed by atoms with Crippen LogP contribution < -0.4 is 0 Å². The second-order valence-corrected chi connectivity index (χ2v) is 4.25. The third-order valence-corrected chi connectivity index (χ3v) is 2.93. The van der Waals surface area contributed by atoms with Crippen molar-refractivity contribution in [3.8, 4) is 0 Å². The number of hydrogen-bond acceptors (Lipinski definition) is 2. The van der Waals surface area contributed by atoms with Crippen LogP contribution in [0.5, 0.6) is 0 Å². The number of carbonyl (C=O) groups is 1. The molecular formula is C13H18FNO2. The van der Waals surface area contributed by atoms with Crippen molar-refractivity contribution in [1.29, 1.82) is 0 Å². The van der Waals surface area contributed by atoms with Crippen LogP contribution in [0, 0.1) is 12.7 Å². The first-order chi connectivity index (χ1) is 7.95. The van der Waals surface area contributed by atoms with Crippen molar-refractivity contribution in [3.63, 3.8) is 0 Å². The van der Waals surface area contributed by atoms with E-state index in [9.17, 15) is 9.18 Å². The number of hydrogen-bond donors (Lipinski definition) is 1. The smallest absolute Gasteiger partial charge is 0.320 e. The molecule has 1 N–H and O–H groups in total. The van der Waals surface area contributed by atoms with Gasteiger partial charge in [0.2, 0.25) is 0 Å². The second kappa shape index (κ2) is 5.77. The van der Waals surface area contributed by atoms with Crippen molar-refractivity contribution in [3.05, 3.63) is 35.1 Å². The second-order valence-electron chi connectivity index (χ2n) is 4.25. The third-order valence-electron chi connectivity index (χ3n) is 2.93. The lowest BCUT2D eigenvalue weighted by molar-refractivity contribution is -0.143. The van der Waals surface area contributed by atoms with Crippen LogP contribution in [-0.2, 0) is 11.3 Å². The van der Waals surface area contributed by atoms with Crippen LogP contribution >= 0.6 is 0 Å². The van der Waals surface area contributed by atoms with Crippen LogP contribution in [0.25, 0.3) is 0 Å². The molecule has 0 aliphatic rings. The van der Waals surface area contributed by atoms with Crippen molar-refractivity contribution in [1.82, 2.24) is 4.90 Å². The fraction of sp³-hybridized carbons (Fsp3) is 0.462. The summed E-state index contributed by atoms with van der Waals surface area (Å²) in [7, 11) is 1.74. The molecule has 94 valence electrons. The molecule has 0 fully saturated rings. The largest absolute Gasteiger partial charge is 0.480 e. The number of aliphatic carboxylic acids is 1. The van der Waals surface area contributed by atoms with Crippen LogP contribution in [-0.4, -0.2) is 29.1 Å². The van der Waals surface area contributed by atoms with Gasteiger partial charge in [0.1, 0.15) is 11.9 Å². The van der Waals surface area contributed by atoms with Gasteiger partial charge in [0, 0.05) is 6.54 Å². The normalized spacial score (nSPS) is 12.8. The Bertz CT molecular complexity index is 406. The lowest BCUT2D eigenvalue weighted by Crippen LogP contribution is -2.37. The zero-order valence-electron chi connectivity index (χ0n) is 10.4. The molecule has 0 radical (unpaired) electrons. The molecule has 1 aromatic carbocycles. The summed E-state index contributed by atoms with van der Waals surface area (Å²) >= 11 is 0. The highest BCUT2D eigenvalue weighted by atomic mass is 19.1. The molecule has 17 heavy (non-hydrogen) atoms. The molecule has 1 rings (SSSR count). The topological polar surface area (TPSA) is 40.5 Å². The van der Waals surface area contributed by atoms with E-state index >= 15 is 0 Å². The maximum absolute atomic E-state index is 13.1. The molecule has 0 heterocycles. The number of carboxylic acids is 1. The van der Waals surface area contributed by atoms with E-state index in [0.717, 1.165) is 11.1 Å². The summed E-state index contributed by atoms with van der Waals surface area (Å²) in [6.45, 7) is 4.16. The van der Waals surface area contributed by atoms with Crippen molar-refractivity contribution in [2.45, 2.75) is 32.9 Å². The number of likely N-dealkylation sites (N-methyl/N-ethyl adjacent to an activating group) is 1. The van der Waals surface area contributed by atoms with Crippen molar-refractivity contribution in [2.75, 3.05) is 7.05 Å². The summed E-state index contributed by atoms with van der Waals surface area (Å²) in [5, 5.41) is 9.03. The first-order valence-corrected chi connectivity index (χ1v) is 5.63. The van der Waals surface area contributed by atoms with E-state index in [1.807, 2.05) is 13.8 Å². The molecular weight excluding hydrogens is 221 g/mol. The highest BCUT2D eigenvalue weighted by Crippen LogP contribution is 2.14. The average molecular weight is 239 g/mol. The van der Waals surface area contributed by atoms with E-state index in [1.54, 1.807) is 18.0 Å². The quantitative estimate of drug-likeness (QED) is 0.858. The number of halogens is 1. The minimum Gasteiger partial charge on any atom is -0.480 e. The lowest BCUT2D eigenvalue weighted by atomic mass is 10.1. The van der Waals surface area contributed by atoms with Gasteiger partial charge in [-0.3, -0.25) is 9.69 Å². The van der Waals surface area contributed by atoms with Crippen molar-refractivity contribution >= 4 is 5.97 Å². The summed E-state index contributed by atoms with van der Waals surface area (Å²) < 4.78 is 13.1. The predicted octanol–water partition coefficient (Wildman–Crippen LogP) is 2.43. The molecule has 1 atom stereocenters. The van der Waals surface area contributed by atoms with Crippen LogP contribution in [0.3, 0.4) is 0 Å². The fourth-order valence-corrected chi connectivity index (χ4v) is 1.86. The van der Waals surface area contributed by atoms with E-state index in [0.29, 0.717) is 13.0 Å². The summed E-state index contributed by atoms with van der Waals surface area (Å²) in [5.41, 5.74) is 1.80. The minimum absolute atomic E-state index is 0.289. The maximum atomic E-state index is 13.1. The van der Waals surface area contributed by atoms with Gasteiger partial charge in [-0.25, -0.2) is 4.39 Å². The van der Waals surface area contributed by atoms with Crippen LogP contribution in [0.2, 0.25) is 0 Å². The number of benzene rings is 1. The van der Waals surface area contributed by atoms with Crippen molar-refractivity contribution in [2.24, 2.45) is 0 Å². The molecule has 3 nitrogen and oxygen atoms in total. The van der Waals surface area contributed by atoms with Crippen LogP contribution in [0.4, 0.5) is 4.39 Å². The third kappa shape index (κ3) is 3.53. The highest BCUT2D eigenvalue weighted by Gasteiger charge is 2.20. The molecule has 1 unspecified atom stereocenters. The average Bonchev–Trinajstić information content (AvgIpc) is 2.24. The van der Waals surface area contributed by atoms with E-state index in [1.165, 1.54) is 12.1 Å². The Balaban J connectivity index is 2.83. The summed E-state index contributed by atoms with van der Waals surface area (Å²) in [6, 6.07) is 4.05. The standard InChI is InChI=1S/C13H18FNO2/c1-4-12(13(16)17)15(3)8-10-7-11(14)6-5-9(10)2/h5-7,12H,4,8H2,1-3H3,(H,16,17). The van der Waals surface area contributed by atoms with E-state index < -0.39 is 12.0 Å². The Kier molecular flexibility index (Phi) is 4.63. The van der Waals surface area contributed by atoms with Crippen molar-refractivity contribution < 1.29 is 14.3 Å². The molecule has 4 heteroatoms. The lowest BCUT2D eigenvalue weighted by Gasteiger charge is -2.24. The van der Waals surface area contributed by atoms with Gasteiger partial charge in [-0.2, -0.15) is 0 Å². The number of nitrogens with zero attached hydrogens (tertiary/aromatic N) is 1. The monoisotopic (exact) mass is 239 g/mol. The first-order valence-electron chi connectivity index (χ1n) is 5.63. The Labute approximate surface area is 101 Å². The number of rotatable bonds is 5. The van der Waals surface area contributed by atoms with Gasteiger partial charge in [-0.05, 0) is 43.7 Å². The van der Waals surface area contributed by atoms with E-state index in [2.05, 4.69) is 0 Å². The van der Waals surface area contributed by atoms with Gasteiger partial charge >= 0.3 is 5.97 Å². The molecule has 0 bridgehead atoms. The zero-order valence-corrected chi connectivity index (χ0v) is 10.4. The Hall–Kier alpha value is -1.42. The molecule has 0 saturated carbocycles. The van der Waals surface area contributed by atoms with E-state index in [-0.39, 0.29) is 5.82 Å². The maximum Gasteiger partial charge on any atom is 0.320 e. The van der Waals surface area contributed by atoms with E-state index in [4.69, 9.17) is 5.11 Å². The molecule has 0 amide bonds. The summed E-state index contributed by atoms with van der Waals surface area (Å²) in [6.07, 6.45) is 0.528. The number of carboxylic acid groups (broad SMARTS) is 1. The molecule has 0 saturated heterocycles. The Morgan fingerprint density at radius 2 is 2.18 bits per heavy atom. The van der Waals surface area contributed by atoms with Gasteiger partial charge in [0.25, 0.3) is 0 Å². The van der Waals surface area contributed by atoms with Gasteiger partial charge < -0.3 is 5.11 Å². The molecule has 1 aromatic rings. The highest BCUT2D eigenvalue weighted by molar-refractivity contribution is 5.73. The SMILES string of the molecule is CCC(C(=O)O)N(C)Cc1cc(F)ccc1C. The van der Waals surface area contributed by atoms with Gasteiger partial charge in [-0.1, -0.05) is 13.0 Å². The summed E-state index contributed by atoms with van der Waals surface area (Å²) in [4.78, 5) is 12.7. The van der Waals surface area contributed by atoms with Gasteiger partial charge in [0.15, 0.2) is 0 Å². The number of aryl methyl sites for hydroxylation is 1. The molecule has 0 aliphatic heterocycles. The molecule has 0 spiro atoms. The zero-order chi connectivity index (χ0) is 13.0. The molecule has 0 aromatic heterocycles. The molecule has 0 aliphatic carbocycles. The van der Waals surface area contributed by atoms with Crippen LogP contribution in [0.1, 0.15) is 24.5 Å². The van der Waals surface area contributed by atoms with Gasteiger partial charge in [-0.15, -0.1) is 0 Å². The Morgan fingerprint density at radius 1 is 1.53 bits per heavy atom. The fourth-order valence-electron chi connectivity index (χ4n) is 1.86. The summed E-state index contributed by atoms with van der Waals surface area (Å²) in [5.74, 6) is -1.13. The predicted molar refractivity (Wildman–Crippen MR) is 64.3 cm³/mol. The minimum atomic E-state index is -0.843.